The molecule has 0 saturated carbocycles. The molecule has 0 saturated heterocycles. The lowest BCUT2D eigenvalue weighted by atomic mass is 9.92. The minimum Gasteiger partial charge on any atom is -0.486 e. The molecule has 0 spiro atoms. The van der Waals surface area contributed by atoms with Crippen LogP contribution in [0.25, 0.3) is 0 Å². The van der Waals surface area contributed by atoms with Crippen LogP contribution in [0.4, 0.5) is 0 Å². The first-order chi connectivity index (χ1) is 7.82. The van der Waals surface area contributed by atoms with Gasteiger partial charge in [0.05, 0.1) is 6.42 Å². The molecule has 0 unspecified atom stereocenters. The second kappa shape index (κ2) is 3.76. The van der Waals surface area contributed by atoms with Crippen LogP contribution in [0.3, 0.4) is 0 Å². The van der Waals surface area contributed by atoms with Crippen molar-refractivity contribution in [3.05, 3.63) is 28.3 Å². The molecule has 1 N–H and O–H groups in total. The Labute approximate surface area is 101 Å². The molecule has 1 atom stereocenters. The average molecular weight is 234 g/mol. The Morgan fingerprint density at radius 1 is 1.41 bits per heavy atom. The summed E-state index contributed by atoms with van der Waals surface area (Å²) in [6.45, 7) is 8.01. The van der Waals surface area contributed by atoms with Crippen molar-refractivity contribution in [2.24, 2.45) is 0 Å². The van der Waals surface area contributed by atoms with Gasteiger partial charge in [-0.15, -0.1) is 0 Å². The van der Waals surface area contributed by atoms with Crippen molar-refractivity contribution in [1.82, 2.24) is 0 Å². The molecule has 92 valence electrons. The van der Waals surface area contributed by atoms with Gasteiger partial charge in [0.25, 0.3) is 0 Å². The number of ether oxygens (including phenoxy) is 1. The quantitative estimate of drug-likeness (QED) is 0.855. The van der Waals surface area contributed by atoms with Gasteiger partial charge in [-0.25, -0.2) is 0 Å². The van der Waals surface area contributed by atoms with Gasteiger partial charge < -0.3 is 9.84 Å². The summed E-state index contributed by atoms with van der Waals surface area (Å²) in [5.74, 6) is 0.0820. The zero-order chi connectivity index (χ0) is 12.8. The highest BCUT2D eigenvalue weighted by Crippen LogP contribution is 2.42. The van der Waals surface area contributed by atoms with E-state index in [9.17, 15) is 4.79 Å². The SMILES string of the molecule is Cc1cc(C)c2c(c1C)O[C@@](C)(CC(=O)O)C2. The van der Waals surface area contributed by atoms with Gasteiger partial charge in [0.1, 0.15) is 11.4 Å². The largest absolute Gasteiger partial charge is 0.486 e. The lowest BCUT2D eigenvalue weighted by Crippen LogP contribution is -2.33. The molecular weight excluding hydrogens is 216 g/mol. The van der Waals surface area contributed by atoms with Crippen LogP contribution in [-0.2, 0) is 11.2 Å². The first-order valence-electron chi connectivity index (χ1n) is 5.83. The lowest BCUT2D eigenvalue weighted by molar-refractivity contribution is -0.140. The van der Waals surface area contributed by atoms with Crippen LogP contribution in [0.1, 0.15) is 35.6 Å². The summed E-state index contributed by atoms with van der Waals surface area (Å²) in [5, 5.41) is 8.93. The zero-order valence-electron chi connectivity index (χ0n) is 10.8. The standard InChI is InChI=1S/C14H18O3/c1-8-5-9(2)11-6-14(4,7-12(15)16)17-13(11)10(8)3/h5H,6-7H2,1-4H3,(H,15,16)/t14-/m1/s1. The molecule has 3 nitrogen and oxygen atoms in total. The number of carbonyl (C=O) groups is 1. The average Bonchev–Trinajstić information content (AvgIpc) is 2.52. The molecule has 0 aromatic heterocycles. The van der Waals surface area contributed by atoms with E-state index in [1.807, 2.05) is 13.8 Å². The minimum absolute atomic E-state index is 0.0413. The molecule has 1 aliphatic rings. The molecule has 1 heterocycles. The van der Waals surface area contributed by atoms with Crippen molar-refractivity contribution in [2.75, 3.05) is 0 Å². The maximum atomic E-state index is 10.9. The Hall–Kier alpha value is -1.51. The number of hydrogen-bond acceptors (Lipinski definition) is 2. The second-order valence-corrected chi connectivity index (χ2v) is 5.24. The summed E-state index contributed by atoms with van der Waals surface area (Å²) in [6, 6.07) is 2.14. The molecule has 17 heavy (non-hydrogen) atoms. The van der Waals surface area contributed by atoms with Crippen LogP contribution in [0, 0.1) is 20.8 Å². The molecule has 1 aromatic carbocycles. The second-order valence-electron chi connectivity index (χ2n) is 5.24. The van der Waals surface area contributed by atoms with Gasteiger partial charge in [0.2, 0.25) is 0 Å². The summed E-state index contributed by atoms with van der Waals surface area (Å²) in [5.41, 5.74) is 4.08. The molecular formula is C14H18O3. The van der Waals surface area contributed by atoms with Gasteiger partial charge in [-0.2, -0.15) is 0 Å². The van der Waals surface area contributed by atoms with Crippen molar-refractivity contribution < 1.29 is 14.6 Å². The van der Waals surface area contributed by atoms with E-state index in [0.29, 0.717) is 6.42 Å². The summed E-state index contributed by atoms with van der Waals surface area (Å²) in [4.78, 5) is 10.9. The third-order valence-electron chi connectivity index (χ3n) is 3.54. The van der Waals surface area contributed by atoms with Crippen molar-refractivity contribution in [3.8, 4) is 5.75 Å². The van der Waals surface area contributed by atoms with E-state index in [2.05, 4.69) is 19.9 Å². The summed E-state index contributed by atoms with van der Waals surface area (Å²) in [7, 11) is 0. The monoisotopic (exact) mass is 234 g/mol. The predicted molar refractivity (Wildman–Crippen MR) is 65.6 cm³/mol. The molecule has 0 radical (unpaired) electrons. The van der Waals surface area contributed by atoms with Gasteiger partial charge in [-0.3, -0.25) is 4.79 Å². The third-order valence-corrected chi connectivity index (χ3v) is 3.54. The molecule has 0 bridgehead atoms. The van der Waals surface area contributed by atoms with E-state index in [1.54, 1.807) is 0 Å². The number of benzene rings is 1. The van der Waals surface area contributed by atoms with Crippen LogP contribution in [0.2, 0.25) is 0 Å². The van der Waals surface area contributed by atoms with Crippen LogP contribution in [-0.4, -0.2) is 16.7 Å². The highest BCUT2D eigenvalue weighted by atomic mass is 16.5. The Balaban J connectivity index is 2.42. The highest BCUT2D eigenvalue weighted by Gasteiger charge is 2.38. The van der Waals surface area contributed by atoms with E-state index >= 15 is 0 Å². The topological polar surface area (TPSA) is 46.5 Å². The van der Waals surface area contributed by atoms with Gasteiger partial charge in [-0.1, -0.05) is 6.07 Å². The van der Waals surface area contributed by atoms with Gasteiger partial charge in [0, 0.05) is 12.0 Å². The molecule has 0 amide bonds. The summed E-state index contributed by atoms with van der Waals surface area (Å²) in [6.07, 6.45) is 0.723. The van der Waals surface area contributed by atoms with Crippen molar-refractivity contribution in [2.45, 2.75) is 46.1 Å². The molecule has 2 rings (SSSR count). The molecule has 1 aliphatic heterocycles. The number of fused-ring (bicyclic) bond motifs is 1. The van der Waals surface area contributed by atoms with E-state index in [-0.39, 0.29) is 6.42 Å². The fraction of sp³-hybridized carbons (Fsp3) is 0.500. The summed E-state index contributed by atoms with van der Waals surface area (Å²) < 4.78 is 5.92. The molecule has 1 aromatic rings. The van der Waals surface area contributed by atoms with E-state index < -0.39 is 11.6 Å². The minimum atomic E-state index is -0.813. The maximum absolute atomic E-state index is 10.9. The zero-order valence-corrected chi connectivity index (χ0v) is 10.8. The first-order valence-corrected chi connectivity index (χ1v) is 5.83. The number of aryl methyl sites for hydroxylation is 2. The molecule has 3 heteroatoms. The van der Waals surface area contributed by atoms with Crippen LogP contribution >= 0.6 is 0 Å². The van der Waals surface area contributed by atoms with Gasteiger partial charge in [0.15, 0.2) is 0 Å². The highest BCUT2D eigenvalue weighted by molar-refractivity contribution is 5.69. The maximum Gasteiger partial charge on any atom is 0.307 e. The Morgan fingerprint density at radius 2 is 2.06 bits per heavy atom. The number of aliphatic carboxylic acids is 1. The Bertz CT molecular complexity index is 491. The third kappa shape index (κ3) is 2.02. The smallest absolute Gasteiger partial charge is 0.307 e. The summed E-state index contributed by atoms with van der Waals surface area (Å²) >= 11 is 0. The lowest BCUT2D eigenvalue weighted by Gasteiger charge is -2.22. The van der Waals surface area contributed by atoms with Crippen LogP contribution < -0.4 is 4.74 Å². The number of carboxylic acid groups (broad SMARTS) is 1. The van der Waals surface area contributed by atoms with Crippen molar-refractivity contribution in [3.63, 3.8) is 0 Å². The number of hydrogen-bond donors (Lipinski definition) is 1. The molecule has 0 aliphatic carbocycles. The Kier molecular flexibility index (Phi) is 2.64. The number of rotatable bonds is 2. The Morgan fingerprint density at radius 3 is 2.65 bits per heavy atom. The van der Waals surface area contributed by atoms with Crippen molar-refractivity contribution in [1.29, 1.82) is 0 Å². The van der Waals surface area contributed by atoms with Crippen LogP contribution in [0.5, 0.6) is 5.75 Å². The first kappa shape index (κ1) is 12.0. The normalized spacial score (nSPS) is 22.1. The fourth-order valence-electron chi connectivity index (χ4n) is 2.54. The number of carboxylic acids is 1. The molecule has 0 fully saturated rings. The van der Waals surface area contributed by atoms with Gasteiger partial charge >= 0.3 is 5.97 Å². The van der Waals surface area contributed by atoms with Crippen molar-refractivity contribution >= 4 is 5.97 Å². The van der Waals surface area contributed by atoms with E-state index in [1.165, 1.54) is 11.1 Å². The van der Waals surface area contributed by atoms with Gasteiger partial charge in [-0.05, 0) is 44.4 Å². The van der Waals surface area contributed by atoms with Crippen LogP contribution in [0.15, 0.2) is 6.07 Å². The fourth-order valence-corrected chi connectivity index (χ4v) is 2.54. The van der Waals surface area contributed by atoms with E-state index in [0.717, 1.165) is 16.9 Å². The van der Waals surface area contributed by atoms with E-state index in [4.69, 9.17) is 9.84 Å². The predicted octanol–water partition coefficient (Wildman–Crippen LogP) is 2.78.